The van der Waals surface area contributed by atoms with E-state index in [4.69, 9.17) is 28.4 Å². The van der Waals surface area contributed by atoms with Crippen molar-refractivity contribution in [3.63, 3.8) is 0 Å². The summed E-state index contributed by atoms with van der Waals surface area (Å²) in [6.07, 6.45) is 0. The Morgan fingerprint density at radius 3 is 1.19 bits per heavy atom. The predicted octanol–water partition coefficient (Wildman–Crippen LogP) is 13.2. The molecule has 11 heteroatoms. The number of hydrogen-bond donors (Lipinski definition) is 0. The van der Waals surface area contributed by atoms with Crippen LogP contribution in [-0.2, 0) is 33.2 Å². The van der Waals surface area contributed by atoms with Crippen molar-refractivity contribution in [1.29, 1.82) is 0 Å². The van der Waals surface area contributed by atoms with E-state index in [-0.39, 0.29) is 12.5 Å². The fourth-order valence-corrected chi connectivity index (χ4v) is 8.53. The average Bonchev–Trinajstić information content (AvgIpc) is 3.85. The van der Waals surface area contributed by atoms with Gasteiger partial charge in [-0.3, -0.25) is 4.79 Å². The lowest BCUT2D eigenvalue weighted by molar-refractivity contribution is -0.135. The number of amides is 1. The van der Waals surface area contributed by atoms with Crippen LogP contribution in [0.2, 0.25) is 0 Å². The molecule has 5 rings (SSSR count). The molecule has 0 aliphatic carbocycles. The first-order valence-corrected chi connectivity index (χ1v) is 24.3. The molecule has 0 unspecified atom stereocenters. The van der Waals surface area contributed by atoms with Crippen molar-refractivity contribution in [2.24, 2.45) is 47.3 Å². The van der Waals surface area contributed by atoms with Crippen LogP contribution in [0, 0.1) is 54.3 Å². The van der Waals surface area contributed by atoms with E-state index >= 15 is 0 Å². The third kappa shape index (κ3) is 17.3. The Kier molecular flexibility index (Phi) is 24.8. The Morgan fingerprint density at radius 1 is 0.468 bits per heavy atom. The molecular weight excluding hydrogens is 799 g/mol. The summed E-state index contributed by atoms with van der Waals surface area (Å²) in [4.78, 5) is 21.5. The fourth-order valence-electron chi connectivity index (χ4n) is 7.44. The minimum atomic E-state index is 0.0399. The van der Waals surface area contributed by atoms with Gasteiger partial charge in [0, 0.05) is 54.5 Å². The van der Waals surface area contributed by atoms with E-state index in [2.05, 4.69) is 162 Å². The molecule has 358 valence electrons. The first-order chi connectivity index (χ1) is 28.8. The molecule has 1 aromatic heterocycles. The van der Waals surface area contributed by atoms with Crippen LogP contribution in [-0.4, -0.2) is 74.6 Å². The number of hydrogen-bond acceptors (Lipinski definition) is 10. The van der Waals surface area contributed by atoms with Crippen molar-refractivity contribution in [1.82, 2.24) is 14.8 Å². The lowest BCUT2D eigenvalue weighted by atomic mass is 10.0. The van der Waals surface area contributed by atoms with Crippen LogP contribution in [0.3, 0.4) is 0 Å². The van der Waals surface area contributed by atoms with E-state index in [9.17, 15) is 4.79 Å². The zero-order chi connectivity index (χ0) is 47.8. The highest BCUT2D eigenvalue weighted by Crippen LogP contribution is 2.32. The van der Waals surface area contributed by atoms with Crippen LogP contribution in [0.25, 0.3) is 0 Å². The molecule has 10 nitrogen and oxygen atoms in total. The highest BCUT2D eigenvalue weighted by Gasteiger charge is 2.29. The van der Waals surface area contributed by atoms with E-state index in [1.54, 1.807) is 4.90 Å². The number of ether oxygens (including phenoxy) is 6. The summed E-state index contributed by atoms with van der Waals surface area (Å²) in [7, 11) is 3.98. The quantitative estimate of drug-likeness (QED) is 0.228. The van der Waals surface area contributed by atoms with E-state index in [0.717, 1.165) is 47.6 Å². The smallest absolute Gasteiger partial charge is 0.264 e. The Balaban J connectivity index is 0.000000388. The Morgan fingerprint density at radius 2 is 0.855 bits per heavy atom. The van der Waals surface area contributed by atoms with Crippen molar-refractivity contribution < 1.29 is 33.2 Å². The summed E-state index contributed by atoms with van der Waals surface area (Å²) in [6.45, 7) is 49.0. The molecule has 0 atom stereocenters. The molecule has 5 heterocycles. The number of thiazole rings is 1. The van der Waals surface area contributed by atoms with Crippen molar-refractivity contribution in [2.45, 2.75) is 157 Å². The molecule has 0 N–H and O–H groups in total. The number of allylic oxidation sites excluding steroid dienone is 8. The summed E-state index contributed by atoms with van der Waals surface area (Å²) in [5.41, 5.74) is 3.70. The lowest BCUT2D eigenvalue weighted by Gasteiger charge is -2.34. The third-order valence-electron chi connectivity index (χ3n) is 10.3. The number of likely N-dealkylation sites (N-methyl/N-ethyl adjacent to an activating group) is 2. The zero-order valence-corrected chi connectivity index (χ0v) is 44.4. The van der Waals surface area contributed by atoms with Gasteiger partial charge in [0.1, 0.15) is 54.4 Å². The fraction of sp³-hybridized carbons (Fsp3) is 0.765. The Bertz CT molecular complexity index is 1580. The number of aryl methyl sites for hydroxylation is 1. The lowest BCUT2D eigenvalue weighted by Crippen LogP contribution is -2.38. The van der Waals surface area contributed by atoms with Gasteiger partial charge in [-0.2, -0.15) is 0 Å². The Labute approximate surface area is 383 Å². The molecule has 0 aromatic carbocycles. The van der Waals surface area contributed by atoms with Gasteiger partial charge < -0.3 is 38.2 Å². The predicted molar refractivity (Wildman–Crippen MR) is 258 cm³/mol. The number of rotatable bonds is 10. The van der Waals surface area contributed by atoms with Gasteiger partial charge in [0.25, 0.3) is 5.91 Å². The molecule has 0 spiro atoms. The van der Waals surface area contributed by atoms with Crippen molar-refractivity contribution in [3.8, 4) is 0 Å². The van der Waals surface area contributed by atoms with E-state index in [1.807, 2.05) is 18.4 Å². The van der Waals surface area contributed by atoms with Gasteiger partial charge in [0.05, 0.1) is 28.6 Å². The van der Waals surface area contributed by atoms with Gasteiger partial charge in [0.15, 0.2) is 6.61 Å². The summed E-state index contributed by atoms with van der Waals surface area (Å²) >= 11 is 1.84. The van der Waals surface area contributed by atoms with E-state index < -0.39 is 0 Å². The molecule has 0 fully saturated rings. The minimum Gasteiger partial charge on any atom is -0.494 e. The number of aromatic nitrogens is 1. The topological polar surface area (TPSA) is 91.8 Å². The molecule has 4 aliphatic heterocycles. The second-order valence-corrected chi connectivity index (χ2v) is 20.8. The van der Waals surface area contributed by atoms with Crippen molar-refractivity contribution in [3.05, 3.63) is 61.5 Å². The molecule has 0 saturated carbocycles. The second-order valence-electron chi connectivity index (χ2n) is 19.6. The SMILES string of the molecule is CC(C)C1=C(C(C)C)N(C)C(=O)CO1.CC(C)C1=C(C(C)C)N(C)CCO1.CC(C)C1=C(C(C)C)OCCO1.CC(C)C1=C(C(C)C)OCO1.Cc1nc(C(C)C)c(C(C)C)s1. The molecule has 0 bridgehead atoms. The van der Waals surface area contributed by atoms with Gasteiger partial charge in [-0.15, -0.1) is 11.3 Å². The Hall–Kier alpha value is -3.34. The minimum absolute atomic E-state index is 0.0399. The largest absolute Gasteiger partial charge is 0.494 e. The highest BCUT2D eigenvalue weighted by molar-refractivity contribution is 7.11. The van der Waals surface area contributed by atoms with E-state index in [1.165, 1.54) is 27.0 Å². The van der Waals surface area contributed by atoms with Crippen LogP contribution >= 0.6 is 11.3 Å². The van der Waals surface area contributed by atoms with Gasteiger partial charge in [-0.25, -0.2) is 4.98 Å². The van der Waals surface area contributed by atoms with Gasteiger partial charge in [-0.1, -0.05) is 138 Å². The molecule has 1 amide bonds. The standard InChI is InChI=1S/C11H19NO2.C11H21NO.C10H17NS.C10H18O2.C9H16O2/c1-7(2)10-11(8(3)4)14-6-9(13)12(10)5;1-8(2)10-11(9(3)4)13-7-6-12(10)5;1-6(2)9-10(7(3)4)12-8(5)11-9;1-7(2)9-10(8(3)4)12-6-5-11-9;1-6(2)8-9(7(3)4)11-5-10-8/h7-8H,6H2,1-5H3;8-9H,6-7H2,1-5H3;6-7H,1-5H3;7-8H,5-6H2,1-4H3;6-7H,5H2,1-4H3. The molecule has 0 saturated heterocycles. The van der Waals surface area contributed by atoms with Crippen LogP contribution in [0.1, 0.15) is 166 Å². The second kappa shape index (κ2) is 27.1. The first-order valence-electron chi connectivity index (χ1n) is 23.4. The normalized spacial score (nSPS) is 16.9. The zero-order valence-electron chi connectivity index (χ0n) is 43.6. The summed E-state index contributed by atoms with van der Waals surface area (Å²) in [5.74, 6) is 11.0. The summed E-state index contributed by atoms with van der Waals surface area (Å²) in [6, 6.07) is 0. The van der Waals surface area contributed by atoms with Gasteiger partial charge in [0.2, 0.25) is 6.79 Å². The van der Waals surface area contributed by atoms with E-state index in [0.29, 0.717) is 79.2 Å². The van der Waals surface area contributed by atoms with Crippen LogP contribution in [0.5, 0.6) is 0 Å². The third-order valence-corrected chi connectivity index (χ3v) is 11.6. The van der Waals surface area contributed by atoms with Crippen LogP contribution in [0.4, 0.5) is 0 Å². The summed E-state index contributed by atoms with van der Waals surface area (Å²) < 4.78 is 33.0. The first kappa shape index (κ1) is 56.7. The molecule has 0 radical (unpaired) electrons. The maximum atomic E-state index is 11.4. The maximum Gasteiger partial charge on any atom is 0.264 e. The molecule has 62 heavy (non-hydrogen) atoms. The number of nitrogens with zero attached hydrogens (tertiary/aromatic N) is 3. The number of carbonyl (C=O) groups is 1. The van der Waals surface area contributed by atoms with Gasteiger partial charge >= 0.3 is 0 Å². The summed E-state index contributed by atoms with van der Waals surface area (Å²) in [5, 5.41) is 1.20. The van der Waals surface area contributed by atoms with Crippen molar-refractivity contribution >= 4 is 17.2 Å². The monoisotopic (exact) mass is 890 g/mol. The molecule has 1 aromatic rings. The highest BCUT2D eigenvalue weighted by atomic mass is 32.1. The molecular formula is C51H91N3O7S. The average molecular weight is 890 g/mol. The van der Waals surface area contributed by atoms with Crippen molar-refractivity contribution in [2.75, 3.05) is 53.9 Å². The van der Waals surface area contributed by atoms with Gasteiger partial charge in [-0.05, 0) is 30.6 Å². The molecule has 4 aliphatic rings. The maximum absolute atomic E-state index is 11.4. The van der Waals surface area contributed by atoms with Crippen LogP contribution in [0.15, 0.2) is 45.9 Å². The van der Waals surface area contributed by atoms with Crippen LogP contribution < -0.4 is 0 Å². The number of carbonyl (C=O) groups excluding carboxylic acids is 1.